The molecule has 1 aliphatic carbocycles. The summed E-state index contributed by atoms with van der Waals surface area (Å²) in [5, 5.41) is 3.47. The molecule has 1 aromatic rings. The van der Waals surface area contributed by atoms with Gasteiger partial charge in [-0.3, -0.25) is 0 Å². The highest BCUT2D eigenvalue weighted by Crippen LogP contribution is 2.48. The van der Waals surface area contributed by atoms with Gasteiger partial charge >= 0.3 is 0 Å². The Labute approximate surface area is 128 Å². The van der Waals surface area contributed by atoms with E-state index >= 15 is 0 Å². The molecule has 0 bridgehead atoms. The van der Waals surface area contributed by atoms with Gasteiger partial charge in [0.2, 0.25) is 0 Å². The maximum absolute atomic E-state index is 6.49. The van der Waals surface area contributed by atoms with E-state index in [1.807, 2.05) is 13.1 Å². The van der Waals surface area contributed by atoms with Gasteiger partial charge < -0.3 is 14.8 Å². The van der Waals surface area contributed by atoms with Gasteiger partial charge in [0.05, 0.1) is 7.11 Å². The number of ether oxygens (including phenoxy) is 2. The van der Waals surface area contributed by atoms with Crippen LogP contribution in [0.5, 0.6) is 11.5 Å². The molecule has 3 nitrogen and oxygen atoms in total. The summed E-state index contributed by atoms with van der Waals surface area (Å²) in [5.41, 5.74) is 1.28. The number of rotatable bonds is 3. The van der Waals surface area contributed by atoms with Gasteiger partial charge in [0.25, 0.3) is 0 Å². The lowest BCUT2D eigenvalue weighted by Gasteiger charge is -2.46. The van der Waals surface area contributed by atoms with E-state index in [1.165, 1.54) is 37.7 Å². The maximum Gasteiger partial charge on any atom is 0.125 e. The molecule has 1 aliphatic heterocycles. The van der Waals surface area contributed by atoms with E-state index in [-0.39, 0.29) is 5.60 Å². The van der Waals surface area contributed by atoms with Gasteiger partial charge in [-0.25, -0.2) is 0 Å². The van der Waals surface area contributed by atoms with E-state index in [1.54, 1.807) is 7.11 Å². The summed E-state index contributed by atoms with van der Waals surface area (Å²) in [7, 11) is 3.76. The number of fused-ring (bicyclic) bond motifs is 1. The van der Waals surface area contributed by atoms with Crippen LogP contribution in [-0.4, -0.2) is 19.8 Å². The maximum atomic E-state index is 6.49. The van der Waals surface area contributed by atoms with Crippen molar-refractivity contribution in [3.8, 4) is 11.5 Å². The normalized spacial score (nSPS) is 31.6. The van der Waals surface area contributed by atoms with Gasteiger partial charge in [-0.1, -0.05) is 13.3 Å². The van der Waals surface area contributed by atoms with Gasteiger partial charge in [0.15, 0.2) is 0 Å². The monoisotopic (exact) mass is 289 g/mol. The Kier molecular flexibility index (Phi) is 4.12. The van der Waals surface area contributed by atoms with E-state index in [0.29, 0.717) is 6.04 Å². The van der Waals surface area contributed by atoms with Crippen LogP contribution in [0.4, 0.5) is 0 Å². The Bertz CT molecular complexity index is 492. The molecule has 1 heterocycles. The first-order valence-electron chi connectivity index (χ1n) is 8.24. The van der Waals surface area contributed by atoms with Gasteiger partial charge in [0, 0.05) is 18.0 Å². The summed E-state index contributed by atoms with van der Waals surface area (Å²) in [6.45, 7) is 2.31. The lowest BCUT2D eigenvalue weighted by molar-refractivity contribution is -0.0143. The highest BCUT2D eigenvalue weighted by Gasteiger charge is 2.43. The zero-order valence-electron chi connectivity index (χ0n) is 13.4. The lowest BCUT2D eigenvalue weighted by atomic mass is 9.73. The van der Waals surface area contributed by atoms with E-state index in [2.05, 4.69) is 24.4 Å². The molecule has 1 atom stereocenters. The second-order valence-corrected chi connectivity index (χ2v) is 6.59. The molecule has 1 fully saturated rings. The molecule has 3 rings (SSSR count). The van der Waals surface area contributed by atoms with Gasteiger partial charge in [-0.15, -0.1) is 0 Å². The number of hydrogen-bond acceptors (Lipinski definition) is 3. The van der Waals surface area contributed by atoms with Crippen molar-refractivity contribution in [3.63, 3.8) is 0 Å². The number of nitrogens with one attached hydrogen (secondary N) is 1. The second-order valence-electron chi connectivity index (χ2n) is 6.59. The molecule has 1 N–H and O–H groups in total. The van der Waals surface area contributed by atoms with Crippen LogP contribution in [-0.2, 0) is 0 Å². The summed E-state index contributed by atoms with van der Waals surface area (Å²) in [4.78, 5) is 0. The minimum Gasteiger partial charge on any atom is -0.497 e. The largest absolute Gasteiger partial charge is 0.497 e. The minimum atomic E-state index is 0.0426. The van der Waals surface area contributed by atoms with Crippen LogP contribution < -0.4 is 14.8 Å². The second kappa shape index (κ2) is 5.88. The first kappa shape index (κ1) is 14.7. The predicted octanol–water partition coefficient (Wildman–Crippen LogP) is 4.08. The Morgan fingerprint density at radius 1 is 1.33 bits per heavy atom. The first-order valence-corrected chi connectivity index (χ1v) is 8.24. The third-order valence-electron chi connectivity index (χ3n) is 5.44. The highest BCUT2D eigenvalue weighted by molar-refractivity contribution is 5.44. The Morgan fingerprint density at radius 2 is 2.10 bits per heavy atom. The van der Waals surface area contributed by atoms with Crippen LogP contribution in [0.25, 0.3) is 0 Å². The van der Waals surface area contributed by atoms with Gasteiger partial charge in [-0.2, -0.15) is 0 Å². The van der Waals surface area contributed by atoms with Gasteiger partial charge in [0.1, 0.15) is 17.1 Å². The Hall–Kier alpha value is -1.22. The van der Waals surface area contributed by atoms with E-state index < -0.39 is 0 Å². The fourth-order valence-electron chi connectivity index (χ4n) is 3.95. The average molecular weight is 289 g/mol. The molecule has 3 heteroatoms. The molecular weight excluding hydrogens is 262 g/mol. The van der Waals surface area contributed by atoms with Crippen molar-refractivity contribution in [3.05, 3.63) is 23.8 Å². The molecule has 2 aliphatic rings. The molecule has 1 spiro atoms. The summed E-state index contributed by atoms with van der Waals surface area (Å²) < 4.78 is 11.8. The third kappa shape index (κ3) is 2.76. The Morgan fingerprint density at radius 3 is 2.71 bits per heavy atom. The van der Waals surface area contributed by atoms with Crippen molar-refractivity contribution in [1.29, 1.82) is 0 Å². The summed E-state index contributed by atoms with van der Waals surface area (Å²) in [5.74, 6) is 2.84. The van der Waals surface area contributed by atoms with Crippen molar-refractivity contribution in [2.45, 2.75) is 57.1 Å². The number of hydrogen-bond donors (Lipinski definition) is 1. The summed E-state index contributed by atoms with van der Waals surface area (Å²) in [6.07, 6.45) is 7.36. The molecule has 0 amide bonds. The first-order chi connectivity index (χ1) is 10.2. The zero-order valence-corrected chi connectivity index (χ0v) is 13.4. The minimum absolute atomic E-state index is 0.0426. The van der Waals surface area contributed by atoms with Crippen LogP contribution in [0, 0.1) is 5.92 Å². The number of benzene rings is 1. The predicted molar refractivity (Wildman–Crippen MR) is 85.0 cm³/mol. The quantitative estimate of drug-likeness (QED) is 0.909. The third-order valence-corrected chi connectivity index (χ3v) is 5.44. The van der Waals surface area contributed by atoms with Crippen LogP contribution >= 0.6 is 0 Å². The smallest absolute Gasteiger partial charge is 0.125 e. The molecule has 1 saturated carbocycles. The number of methoxy groups -OCH3 is 1. The summed E-state index contributed by atoms with van der Waals surface area (Å²) >= 11 is 0. The van der Waals surface area contributed by atoms with E-state index in [4.69, 9.17) is 9.47 Å². The summed E-state index contributed by atoms with van der Waals surface area (Å²) in [6, 6.07) is 6.55. The van der Waals surface area contributed by atoms with Crippen molar-refractivity contribution in [2.24, 2.45) is 5.92 Å². The molecule has 1 unspecified atom stereocenters. The molecule has 0 radical (unpaired) electrons. The van der Waals surface area contributed by atoms with Crippen molar-refractivity contribution >= 4 is 0 Å². The molecule has 0 saturated heterocycles. The van der Waals surface area contributed by atoms with Crippen molar-refractivity contribution in [1.82, 2.24) is 5.32 Å². The van der Waals surface area contributed by atoms with Crippen LogP contribution in [0.1, 0.15) is 57.1 Å². The van der Waals surface area contributed by atoms with Crippen molar-refractivity contribution in [2.75, 3.05) is 14.2 Å². The van der Waals surface area contributed by atoms with E-state index in [0.717, 1.165) is 23.8 Å². The standard InChI is InChI=1S/C18H27NO2/c1-4-13-7-9-18(10-8-13)12-16(19-2)15-11-14(20-3)5-6-17(15)21-18/h5-6,11,13,16,19H,4,7-10,12H2,1-3H3. The molecule has 1 aromatic carbocycles. The zero-order chi connectivity index (χ0) is 14.9. The van der Waals surface area contributed by atoms with E-state index in [9.17, 15) is 0 Å². The van der Waals surface area contributed by atoms with Gasteiger partial charge in [-0.05, 0) is 56.8 Å². The Balaban J connectivity index is 1.85. The SMILES string of the molecule is CCC1CCC2(CC1)CC(NC)c1cc(OC)ccc1O2. The molecular formula is C18H27NO2. The van der Waals surface area contributed by atoms with Crippen LogP contribution in [0.3, 0.4) is 0 Å². The highest BCUT2D eigenvalue weighted by atomic mass is 16.5. The lowest BCUT2D eigenvalue weighted by Crippen LogP contribution is -2.46. The molecule has 21 heavy (non-hydrogen) atoms. The fraction of sp³-hybridized carbons (Fsp3) is 0.667. The molecule has 116 valence electrons. The average Bonchev–Trinajstić information content (AvgIpc) is 2.54. The fourth-order valence-corrected chi connectivity index (χ4v) is 3.95. The van der Waals surface area contributed by atoms with Crippen LogP contribution in [0.2, 0.25) is 0 Å². The van der Waals surface area contributed by atoms with Crippen LogP contribution in [0.15, 0.2) is 18.2 Å². The topological polar surface area (TPSA) is 30.5 Å². The van der Waals surface area contributed by atoms with Crippen molar-refractivity contribution < 1.29 is 9.47 Å². The molecule has 0 aromatic heterocycles.